The molecule has 4 nitrogen and oxygen atoms in total. The maximum atomic E-state index is 12.9. The van der Waals surface area contributed by atoms with Crippen molar-refractivity contribution < 1.29 is 9.13 Å². The number of hydrogen-bond donors (Lipinski definition) is 0. The summed E-state index contributed by atoms with van der Waals surface area (Å²) in [5.74, 6) is 0.455. The average molecular weight is 293 g/mol. The van der Waals surface area contributed by atoms with E-state index in [1.807, 2.05) is 6.20 Å². The van der Waals surface area contributed by atoms with Crippen molar-refractivity contribution >= 4 is 5.69 Å². The number of ether oxygens (including phenoxy) is 1. The van der Waals surface area contributed by atoms with Gasteiger partial charge in [0.2, 0.25) is 0 Å². The second-order valence-electron chi connectivity index (χ2n) is 6.35. The van der Waals surface area contributed by atoms with Crippen LogP contribution in [0.4, 0.5) is 10.1 Å². The molecule has 0 amide bonds. The van der Waals surface area contributed by atoms with E-state index >= 15 is 0 Å². The number of pyridine rings is 1. The summed E-state index contributed by atoms with van der Waals surface area (Å²) in [7, 11) is 0. The van der Waals surface area contributed by atoms with Crippen molar-refractivity contribution in [3.63, 3.8) is 0 Å². The van der Waals surface area contributed by atoms with Crippen LogP contribution in [0.5, 0.6) is 0 Å². The molecule has 3 heterocycles. The lowest BCUT2D eigenvalue weighted by atomic mass is 10.1. The van der Waals surface area contributed by atoms with E-state index in [0.29, 0.717) is 19.0 Å². The molecule has 0 bridgehead atoms. The van der Waals surface area contributed by atoms with E-state index < -0.39 is 6.17 Å². The second kappa shape index (κ2) is 6.28. The molecule has 2 saturated heterocycles. The number of hydrogen-bond acceptors (Lipinski definition) is 4. The van der Waals surface area contributed by atoms with E-state index in [9.17, 15) is 4.39 Å². The maximum Gasteiger partial charge on any atom is 0.125 e. The third kappa shape index (κ3) is 3.52. The fourth-order valence-electron chi connectivity index (χ4n) is 2.93. The van der Waals surface area contributed by atoms with Gasteiger partial charge in [-0.2, -0.15) is 0 Å². The summed E-state index contributed by atoms with van der Waals surface area (Å²) >= 11 is 0. The first-order valence-corrected chi connectivity index (χ1v) is 7.80. The van der Waals surface area contributed by atoms with Crippen LogP contribution in [0.2, 0.25) is 0 Å². The number of aromatic nitrogens is 1. The lowest BCUT2D eigenvalue weighted by molar-refractivity contribution is -0.0202. The first-order chi connectivity index (χ1) is 10.1. The van der Waals surface area contributed by atoms with Gasteiger partial charge in [-0.1, -0.05) is 13.8 Å². The van der Waals surface area contributed by atoms with Gasteiger partial charge in [-0.05, 0) is 18.1 Å². The molecule has 0 aliphatic carbocycles. The summed E-state index contributed by atoms with van der Waals surface area (Å²) in [4.78, 5) is 8.98. The molecule has 0 spiro atoms. The van der Waals surface area contributed by atoms with Crippen LogP contribution in [-0.4, -0.2) is 61.5 Å². The summed E-state index contributed by atoms with van der Waals surface area (Å²) in [5.41, 5.74) is 2.28. The van der Waals surface area contributed by atoms with Crippen LogP contribution in [0, 0.1) is 0 Å². The van der Waals surface area contributed by atoms with Crippen LogP contribution >= 0.6 is 0 Å². The van der Waals surface area contributed by atoms with E-state index in [0.717, 1.165) is 37.6 Å². The Morgan fingerprint density at radius 3 is 2.76 bits per heavy atom. The third-order valence-corrected chi connectivity index (χ3v) is 4.24. The van der Waals surface area contributed by atoms with Gasteiger partial charge >= 0.3 is 0 Å². The maximum absolute atomic E-state index is 12.9. The van der Waals surface area contributed by atoms with E-state index in [1.165, 1.54) is 0 Å². The minimum Gasteiger partial charge on any atom is -0.373 e. The van der Waals surface area contributed by atoms with E-state index in [1.54, 1.807) is 0 Å². The first-order valence-electron chi connectivity index (χ1n) is 7.80. The Morgan fingerprint density at radius 2 is 2.14 bits per heavy atom. The van der Waals surface area contributed by atoms with Crippen molar-refractivity contribution in [2.24, 2.45) is 0 Å². The monoisotopic (exact) mass is 293 g/mol. The predicted molar refractivity (Wildman–Crippen MR) is 81.6 cm³/mol. The molecule has 0 N–H and O–H groups in total. The highest BCUT2D eigenvalue weighted by Gasteiger charge is 2.30. The van der Waals surface area contributed by atoms with Gasteiger partial charge in [0.15, 0.2) is 0 Å². The summed E-state index contributed by atoms with van der Waals surface area (Å²) < 4.78 is 18.7. The highest BCUT2D eigenvalue weighted by molar-refractivity contribution is 5.45. The van der Waals surface area contributed by atoms with Gasteiger partial charge in [0, 0.05) is 38.4 Å². The number of likely N-dealkylation sites (tertiary alicyclic amines) is 1. The molecule has 0 radical (unpaired) electrons. The zero-order valence-electron chi connectivity index (χ0n) is 12.8. The minimum atomic E-state index is -0.641. The van der Waals surface area contributed by atoms with Gasteiger partial charge in [-0.25, -0.2) is 4.39 Å². The Morgan fingerprint density at radius 1 is 1.33 bits per heavy atom. The molecule has 2 fully saturated rings. The first kappa shape index (κ1) is 14.7. The number of alkyl halides is 1. The van der Waals surface area contributed by atoms with Gasteiger partial charge in [0.25, 0.3) is 0 Å². The second-order valence-corrected chi connectivity index (χ2v) is 6.35. The molecule has 116 valence electrons. The Kier molecular flexibility index (Phi) is 4.40. The SMILES string of the molecule is CC(C)c1ccc(N2CCO[C@H](CN3CC(F)C3)C2)cn1. The zero-order valence-corrected chi connectivity index (χ0v) is 12.8. The normalized spacial score (nSPS) is 24.4. The molecule has 1 atom stereocenters. The van der Waals surface area contributed by atoms with E-state index in [2.05, 4.69) is 40.8 Å². The van der Waals surface area contributed by atoms with E-state index in [-0.39, 0.29) is 6.10 Å². The molecule has 2 aliphatic rings. The van der Waals surface area contributed by atoms with Gasteiger partial charge in [-0.15, -0.1) is 0 Å². The fraction of sp³-hybridized carbons (Fsp3) is 0.688. The topological polar surface area (TPSA) is 28.6 Å². The molecule has 1 aromatic heterocycles. The number of rotatable bonds is 4. The Balaban J connectivity index is 1.57. The quantitative estimate of drug-likeness (QED) is 0.849. The van der Waals surface area contributed by atoms with Crippen LogP contribution in [0.25, 0.3) is 0 Å². The fourth-order valence-corrected chi connectivity index (χ4v) is 2.93. The number of morpholine rings is 1. The number of halogens is 1. The highest BCUT2D eigenvalue weighted by atomic mass is 19.1. The summed E-state index contributed by atoms with van der Waals surface area (Å²) in [5, 5.41) is 0. The summed E-state index contributed by atoms with van der Waals surface area (Å²) in [6, 6.07) is 4.25. The van der Waals surface area contributed by atoms with Gasteiger partial charge < -0.3 is 9.64 Å². The highest BCUT2D eigenvalue weighted by Crippen LogP contribution is 2.21. The standard InChI is InChI=1S/C16H24FN3O/c1-12(2)16-4-3-14(7-18-16)20-5-6-21-15(11-20)10-19-8-13(17)9-19/h3-4,7,12-13,15H,5-6,8-11H2,1-2H3/t15-/m1/s1. The van der Waals surface area contributed by atoms with Crippen molar-refractivity contribution in [1.29, 1.82) is 0 Å². The number of anilines is 1. The van der Waals surface area contributed by atoms with Crippen LogP contribution in [0.15, 0.2) is 18.3 Å². The predicted octanol–water partition coefficient (Wildman–Crippen LogP) is 2.06. The van der Waals surface area contributed by atoms with E-state index in [4.69, 9.17) is 4.74 Å². The zero-order chi connectivity index (χ0) is 14.8. The van der Waals surface area contributed by atoms with Gasteiger partial charge in [0.1, 0.15) is 6.17 Å². The molecule has 0 saturated carbocycles. The number of nitrogens with zero attached hydrogens (tertiary/aromatic N) is 3. The molecule has 3 rings (SSSR count). The molecule has 21 heavy (non-hydrogen) atoms. The lowest BCUT2D eigenvalue weighted by Crippen LogP contribution is -2.55. The third-order valence-electron chi connectivity index (χ3n) is 4.24. The Hall–Kier alpha value is -1.20. The minimum absolute atomic E-state index is 0.163. The summed E-state index contributed by atoms with van der Waals surface area (Å²) in [6.45, 7) is 8.73. The van der Waals surface area contributed by atoms with Crippen LogP contribution in [0.3, 0.4) is 0 Å². The Labute approximate surface area is 125 Å². The van der Waals surface area contributed by atoms with Crippen molar-refractivity contribution in [3.05, 3.63) is 24.0 Å². The largest absolute Gasteiger partial charge is 0.373 e. The molecule has 1 aromatic rings. The molecule has 0 unspecified atom stereocenters. The molecule has 2 aliphatic heterocycles. The lowest BCUT2D eigenvalue weighted by Gasteiger charge is -2.40. The molecule has 0 aromatic carbocycles. The van der Waals surface area contributed by atoms with Crippen molar-refractivity contribution in [2.45, 2.75) is 32.0 Å². The molecular weight excluding hydrogens is 269 g/mol. The van der Waals surface area contributed by atoms with Crippen LogP contribution in [-0.2, 0) is 4.74 Å². The van der Waals surface area contributed by atoms with Crippen molar-refractivity contribution in [3.8, 4) is 0 Å². The average Bonchev–Trinajstić information content (AvgIpc) is 2.46. The summed E-state index contributed by atoms with van der Waals surface area (Å²) in [6.07, 6.45) is 1.48. The smallest absolute Gasteiger partial charge is 0.125 e. The van der Waals surface area contributed by atoms with Crippen molar-refractivity contribution in [1.82, 2.24) is 9.88 Å². The Bertz CT molecular complexity index is 459. The van der Waals surface area contributed by atoms with Gasteiger partial charge in [-0.3, -0.25) is 9.88 Å². The van der Waals surface area contributed by atoms with Crippen LogP contribution < -0.4 is 4.90 Å². The van der Waals surface area contributed by atoms with Crippen molar-refractivity contribution in [2.75, 3.05) is 44.2 Å². The van der Waals surface area contributed by atoms with Crippen LogP contribution in [0.1, 0.15) is 25.5 Å². The van der Waals surface area contributed by atoms with Gasteiger partial charge in [0.05, 0.1) is 24.6 Å². The molecule has 5 heteroatoms. The molecular formula is C16H24FN3O.